The summed E-state index contributed by atoms with van der Waals surface area (Å²) in [6.07, 6.45) is 0.976. The number of piperazine rings is 1. The van der Waals surface area contributed by atoms with Crippen molar-refractivity contribution in [2.24, 2.45) is 5.73 Å². The summed E-state index contributed by atoms with van der Waals surface area (Å²) in [5, 5.41) is 0. The fourth-order valence-corrected chi connectivity index (χ4v) is 2.49. The highest BCUT2D eigenvalue weighted by molar-refractivity contribution is 5.54. The fourth-order valence-electron chi connectivity index (χ4n) is 2.49. The van der Waals surface area contributed by atoms with Crippen LogP contribution in [0.2, 0.25) is 0 Å². The van der Waals surface area contributed by atoms with Gasteiger partial charge in [-0.2, -0.15) is 0 Å². The number of nitrogens with two attached hydrogens (primary N) is 1. The number of nitrogens with zero attached hydrogens (tertiary/aromatic N) is 2. The van der Waals surface area contributed by atoms with Crippen molar-refractivity contribution in [3.63, 3.8) is 0 Å². The number of anilines is 1. The summed E-state index contributed by atoms with van der Waals surface area (Å²) in [6.45, 7) is 8.74. The number of likely N-dealkylation sites (N-methyl/N-ethyl adjacent to an activating group) is 1. The third-order valence-corrected chi connectivity index (χ3v) is 3.57. The third kappa shape index (κ3) is 2.99. The first-order valence-electron chi connectivity index (χ1n) is 6.60. The first-order chi connectivity index (χ1) is 8.35. The number of hydrogen-bond donors (Lipinski definition) is 1. The van der Waals surface area contributed by atoms with E-state index in [0.29, 0.717) is 0 Å². The molecule has 2 rings (SSSR count). The third-order valence-electron chi connectivity index (χ3n) is 3.57. The van der Waals surface area contributed by atoms with E-state index in [4.69, 9.17) is 5.73 Å². The predicted octanol–water partition coefficient (Wildman–Crippen LogP) is 1.33. The summed E-state index contributed by atoms with van der Waals surface area (Å²) in [7, 11) is 0. The molecule has 0 amide bonds. The second-order valence-electron chi connectivity index (χ2n) is 4.59. The number of benzene rings is 1. The van der Waals surface area contributed by atoms with Crippen molar-refractivity contribution >= 4 is 5.69 Å². The van der Waals surface area contributed by atoms with E-state index >= 15 is 0 Å². The molecule has 1 aliphatic rings. The molecule has 0 unspecified atom stereocenters. The van der Waals surface area contributed by atoms with Gasteiger partial charge in [0.05, 0.1) is 0 Å². The lowest BCUT2D eigenvalue weighted by atomic mass is 10.1. The topological polar surface area (TPSA) is 32.5 Å². The van der Waals surface area contributed by atoms with Gasteiger partial charge in [0.2, 0.25) is 0 Å². The van der Waals surface area contributed by atoms with Gasteiger partial charge in [-0.25, -0.2) is 0 Å². The maximum atomic E-state index is 5.68. The van der Waals surface area contributed by atoms with E-state index in [9.17, 15) is 0 Å². The second kappa shape index (κ2) is 6.03. The molecule has 3 nitrogen and oxygen atoms in total. The Kier molecular flexibility index (Phi) is 4.40. The highest BCUT2D eigenvalue weighted by atomic mass is 15.3. The van der Waals surface area contributed by atoms with E-state index in [1.807, 2.05) is 0 Å². The average molecular weight is 233 g/mol. The van der Waals surface area contributed by atoms with E-state index in [-0.39, 0.29) is 0 Å². The maximum absolute atomic E-state index is 5.68. The van der Waals surface area contributed by atoms with E-state index in [2.05, 4.69) is 41.0 Å². The molecule has 3 heteroatoms. The summed E-state index contributed by atoms with van der Waals surface area (Å²) in [6, 6.07) is 8.67. The lowest BCUT2D eigenvalue weighted by Gasteiger charge is -2.36. The van der Waals surface area contributed by atoms with Crippen LogP contribution >= 0.6 is 0 Å². The van der Waals surface area contributed by atoms with Crippen LogP contribution in [0.5, 0.6) is 0 Å². The molecule has 0 bridgehead atoms. The smallest absolute Gasteiger partial charge is 0.0400 e. The van der Waals surface area contributed by atoms with Gasteiger partial charge in [-0.05, 0) is 31.1 Å². The molecule has 0 saturated carbocycles. The Bertz CT molecular complexity index is 343. The van der Waals surface area contributed by atoms with Crippen LogP contribution < -0.4 is 10.6 Å². The largest absolute Gasteiger partial charge is 0.369 e. The van der Waals surface area contributed by atoms with E-state index in [1.165, 1.54) is 24.3 Å². The molecular weight excluding hydrogens is 210 g/mol. The van der Waals surface area contributed by atoms with Gasteiger partial charge in [-0.1, -0.05) is 25.1 Å². The summed E-state index contributed by atoms with van der Waals surface area (Å²) in [5.74, 6) is 0. The standard InChI is InChI=1S/C14H23N3/c1-2-16-9-11-17(12-10-16)14-6-4-3-5-13(14)7-8-15/h3-6H,2,7-12,15H2,1H3. The highest BCUT2D eigenvalue weighted by Crippen LogP contribution is 2.21. The Morgan fingerprint density at radius 2 is 1.82 bits per heavy atom. The van der Waals surface area contributed by atoms with Crippen LogP contribution in [0, 0.1) is 0 Å². The lowest BCUT2D eigenvalue weighted by molar-refractivity contribution is 0.271. The number of rotatable bonds is 4. The van der Waals surface area contributed by atoms with Crippen molar-refractivity contribution in [1.29, 1.82) is 0 Å². The van der Waals surface area contributed by atoms with Crippen LogP contribution in [0.25, 0.3) is 0 Å². The van der Waals surface area contributed by atoms with Gasteiger partial charge in [-0.15, -0.1) is 0 Å². The Hall–Kier alpha value is -1.06. The van der Waals surface area contributed by atoms with Crippen LogP contribution in [-0.2, 0) is 6.42 Å². The highest BCUT2D eigenvalue weighted by Gasteiger charge is 2.17. The van der Waals surface area contributed by atoms with Gasteiger partial charge in [0, 0.05) is 31.9 Å². The minimum atomic E-state index is 0.728. The fraction of sp³-hybridized carbons (Fsp3) is 0.571. The van der Waals surface area contributed by atoms with Gasteiger partial charge in [0.25, 0.3) is 0 Å². The average Bonchev–Trinajstić information content (AvgIpc) is 2.40. The van der Waals surface area contributed by atoms with Crippen LogP contribution in [0.4, 0.5) is 5.69 Å². The Morgan fingerprint density at radius 1 is 1.12 bits per heavy atom. The Morgan fingerprint density at radius 3 is 2.47 bits per heavy atom. The Labute approximate surface area is 104 Å². The maximum Gasteiger partial charge on any atom is 0.0400 e. The summed E-state index contributed by atoms with van der Waals surface area (Å²) < 4.78 is 0. The zero-order valence-electron chi connectivity index (χ0n) is 10.7. The van der Waals surface area contributed by atoms with E-state index in [0.717, 1.165) is 32.6 Å². The number of para-hydroxylation sites is 1. The van der Waals surface area contributed by atoms with Crippen LogP contribution in [0.1, 0.15) is 12.5 Å². The summed E-state index contributed by atoms with van der Waals surface area (Å²) >= 11 is 0. The van der Waals surface area contributed by atoms with Crippen molar-refractivity contribution in [3.05, 3.63) is 29.8 Å². The molecule has 1 fully saturated rings. The minimum absolute atomic E-state index is 0.728. The van der Waals surface area contributed by atoms with Gasteiger partial charge < -0.3 is 15.5 Å². The molecule has 0 atom stereocenters. The normalized spacial score (nSPS) is 17.4. The molecule has 1 saturated heterocycles. The summed E-state index contributed by atoms with van der Waals surface area (Å²) in [5.41, 5.74) is 8.45. The quantitative estimate of drug-likeness (QED) is 0.851. The predicted molar refractivity (Wildman–Crippen MR) is 73.5 cm³/mol. The van der Waals surface area contributed by atoms with Crippen molar-refractivity contribution in [3.8, 4) is 0 Å². The Balaban J connectivity index is 2.07. The number of hydrogen-bond acceptors (Lipinski definition) is 3. The van der Waals surface area contributed by atoms with Crippen molar-refractivity contribution < 1.29 is 0 Å². The van der Waals surface area contributed by atoms with Crippen molar-refractivity contribution in [1.82, 2.24) is 4.90 Å². The molecule has 17 heavy (non-hydrogen) atoms. The minimum Gasteiger partial charge on any atom is -0.369 e. The molecule has 0 radical (unpaired) electrons. The molecule has 1 aromatic rings. The van der Waals surface area contributed by atoms with Gasteiger partial charge >= 0.3 is 0 Å². The van der Waals surface area contributed by atoms with Gasteiger partial charge in [0.1, 0.15) is 0 Å². The zero-order valence-corrected chi connectivity index (χ0v) is 10.7. The van der Waals surface area contributed by atoms with E-state index in [1.54, 1.807) is 0 Å². The second-order valence-corrected chi connectivity index (χ2v) is 4.59. The van der Waals surface area contributed by atoms with Crippen LogP contribution in [0.3, 0.4) is 0 Å². The molecule has 1 aliphatic heterocycles. The molecule has 0 aromatic heterocycles. The molecule has 2 N–H and O–H groups in total. The van der Waals surface area contributed by atoms with E-state index < -0.39 is 0 Å². The summed E-state index contributed by atoms with van der Waals surface area (Å²) in [4.78, 5) is 5.00. The monoisotopic (exact) mass is 233 g/mol. The van der Waals surface area contributed by atoms with Gasteiger partial charge in [-0.3, -0.25) is 0 Å². The molecule has 0 aliphatic carbocycles. The molecule has 94 valence electrons. The van der Waals surface area contributed by atoms with Crippen molar-refractivity contribution in [2.75, 3.05) is 44.2 Å². The molecular formula is C14H23N3. The van der Waals surface area contributed by atoms with Crippen LogP contribution in [-0.4, -0.2) is 44.2 Å². The SMILES string of the molecule is CCN1CCN(c2ccccc2CCN)CC1. The first-order valence-corrected chi connectivity index (χ1v) is 6.60. The molecule has 0 spiro atoms. The van der Waals surface area contributed by atoms with Gasteiger partial charge in [0.15, 0.2) is 0 Å². The first kappa shape index (κ1) is 12.4. The zero-order chi connectivity index (χ0) is 12.1. The molecule has 1 heterocycles. The lowest BCUT2D eigenvalue weighted by Crippen LogP contribution is -2.46. The van der Waals surface area contributed by atoms with Crippen LogP contribution in [0.15, 0.2) is 24.3 Å². The molecule has 1 aromatic carbocycles. The van der Waals surface area contributed by atoms with Crippen molar-refractivity contribution in [2.45, 2.75) is 13.3 Å².